The molecular formula is C13H15NO4S. The Kier molecular flexibility index (Phi) is 5.07. The first-order valence-corrected chi connectivity index (χ1v) is 7.45. The number of rotatable bonds is 5. The molecule has 0 N–H and O–H groups in total. The third kappa shape index (κ3) is 3.55. The molecule has 102 valence electrons. The van der Waals surface area contributed by atoms with E-state index < -0.39 is 21.1 Å². The Morgan fingerprint density at radius 3 is 2.58 bits per heavy atom. The van der Waals surface area contributed by atoms with Crippen LogP contribution in [0.4, 0.5) is 0 Å². The average Bonchev–Trinajstić information content (AvgIpc) is 2.39. The van der Waals surface area contributed by atoms with Crippen LogP contribution in [0.5, 0.6) is 0 Å². The summed E-state index contributed by atoms with van der Waals surface area (Å²) in [4.78, 5) is 11.5. The lowest BCUT2D eigenvalue weighted by Crippen LogP contribution is -2.32. The highest BCUT2D eigenvalue weighted by Gasteiger charge is 2.32. The molecule has 0 aromatic heterocycles. The van der Waals surface area contributed by atoms with Crippen LogP contribution in [0.3, 0.4) is 0 Å². The number of carbonyl (C=O) groups is 1. The van der Waals surface area contributed by atoms with E-state index in [9.17, 15) is 13.2 Å². The number of sulfone groups is 1. The minimum atomic E-state index is -3.70. The summed E-state index contributed by atoms with van der Waals surface area (Å²) < 4.78 is 28.9. The van der Waals surface area contributed by atoms with E-state index in [0.29, 0.717) is 11.1 Å². The lowest BCUT2D eigenvalue weighted by atomic mass is 10.1. The summed E-state index contributed by atoms with van der Waals surface area (Å²) in [5, 5.41) is 7.74. The van der Waals surface area contributed by atoms with E-state index in [1.54, 1.807) is 31.2 Å². The molecule has 0 fully saturated rings. The predicted molar refractivity (Wildman–Crippen MR) is 69.9 cm³/mol. The van der Waals surface area contributed by atoms with Crippen LogP contribution < -0.4 is 0 Å². The largest absolute Gasteiger partial charge is 0.468 e. The van der Waals surface area contributed by atoms with Gasteiger partial charge in [-0.2, -0.15) is 5.26 Å². The first-order valence-electron chi connectivity index (χ1n) is 5.73. The van der Waals surface area contributed by atoms with Crippen LogP contribution in [0.15, 0.2) is 24.3 Å². The van der Waals surface area contributed by atoms with Gasteiger partial charge in [0, 0.05) is 0 Å². The molecule has 0 bridgehead atoms. The van der Waals surface area contributed by atoms with Crippen molar-refractivity contribution < 1.29 is 17.9 Å². The SMILES string of the molecule is CCC(C(=O)OC)S(=O)(=O)Cc1ccccc1C#N. The van der Waals surface area contributed by atoms with Gasteiger partial charge < -0.3 is 4.74 Å². The highest BCUT2D eigenvalue weighted by molar-refractivity contribution is 7.92. The van der Waals surface area contributed by atoms with Crippen molar-refractivity contribution in [1.29, 1.82) is 5.26 Å². The van der Waals surface area contributed by atoms with Crippen LogP contribution in [0, 0.1) is 11.3 Å². The van der Waals surface area contributed by atoms with Crippen molar-refractivity contribution in [3.05, 3.63) is 35.4 Å². The van der Waals surface area contributed by atoms with Gasteiger partial charge in [0.2, 0.25) is 0 Å². The van der Waals surface area contributed by atoms with Crippen LogP contribution >= 0.6 is 0 Å². The number of esters is 1. The fourth-order valence-corrected chi connectivity index (χ4v) is 3.55. The summed E-state index contributed by atoms with van der Waals surface area (Å²) in [5.74, 6) is -1.11. The van der Waals surface area contributed by atoms with Gasteiger partial charge in [-0.1, -0.05) is 25.1 Å². The van der Waals surface area contributed by atoms with E-state index in [4.69, 9.17) is 5.26 Å². The number of hydrogen-bond donors (Lipinski definition) is 0. The molecule has 19 heavy (non-hydrogen) atoms. The van der Waals surface area contributed by atoms with Crippen LogP contribution in [0.25, 0.3) is 0 Å². The van der Waals surface area contributed by atoms with Gasteiger partial charge in [0.05, 0.1) is 24.5 Å². The van der Waals surface area contributed by atoms with Gasteiger partial charge in [0.15, 0.2) is 15.1 Å². The second-order valence-corrected chi connectivity index (χ2v) is 6.18. The molecule has 0 aliphatic carbocycles. The zero-order valence-corrected chi connectivity index (χ0v) is 11.6. The molecule has 1 rings (SSSR count). The number of carbonyl (C=O) groups excluding carboxylic acids is 1. The maximum absolute atomic E-state index is 12.2. The van der Waals surface area contributed by atoms with Crippen LogP contribution in [-0.2, 0) is 25.1 Å². The Hall–Kier alpha value is -1.87. The second kappa shape index (κ2) is 6.34. The van der Waals surface area contributed by atoms with Crippen molar-refractivity contribution in [2.75, 3.05) is 7.11 Å². The van der Waals surface area contributed by atoms with Crippen molar-refractivity contribution >= 4 is 15.8 Å². The van der Waals surface area contributed by atoms with E-state index >= 15 is 0 Å². The first kappa shape index (κ1) is 15.2. The summed E-state index contributed by atoms with van der Waals surface area (Å²) in [5.41, 5.74) is 0.693. The summed E-state index contributed by atoms with van der Waals surface area (Å²) in [6.45, 7) is 1.61. The van der Waals surface area contributed by atoms with E-state index in [2.05, 4.69) is 4.74 Å². The van der Waals surface area contributed by atoms with Crippen LogP contribution in [-0.4, -0.2) is 26.7 Å². The molecule has 0 aliphatic rings. The van der Waals surface area contributed by atoms with Crippen LogP contribution in [0.1, 0.15) is 24.5 Å². The molecule has 0 heterocycles. The van der Waals surface area contributed by atoms with Gasteiger partial charge in [-0.15, -0.1) is 0 Å². The molecule has 1 unspecified atom stereocenters. The number of ether oxygens (including phenoxy) is 1. The standard InChI is InChI=1S/C13H15NO4S/c1-3-12(13(15)18-2)19(16,17)9-11-7-5-4-6-10(11)8-14/h4-7,12H,3,9H2,1-2H3. The third-order valence-electron chi connectivity index (χ3n) is 2.76. The van der Waals surface area contributed by atoms with Gasteiger partial charge in [-0.3, -0.25) is 4.79 Å². The van der Waals surface area contributed by atoms with E-state index in [1.807, 2.05) is 6.07 Å². The zero-order valence-electron chi connectivity index (χ0n) is 10.8. The third-order valence-corrected chi connectivity index (χ3v) is 4.87. The zero-order chi connectivity index (χ0) is 14.5. The maximum Gasteiger partial charge on any atom is 0.324 e. The fraction of sp³-hybridized carbons (Fsp3) is 0.385. The summed E-state index contributed by atoms with van der Waals surface area (Å²) >= 11 is 0. The van der Waals surface area contributed by atoms with Crippen LogP contribution in [0.2, 0.25) is 0 Å². The molecule has 1 aromatic carbocycles. The Morgan fingerprint density at radius 1 is 1.42 bits per heavy atom. The Labute approximate surface area is 112 Å². The van der Waals surface area contributed by atoms with Gasteiger partial charge in [-0.05, 0) is 18.1 Å². The molecule has 6 heteroatoms. The molecule has 0 radical (unpaired) electrons. The molecule has 0 aliphatic heterocycles. The average molecular weight is 281 g/mol. The van der Waals surface area contributed by atoms with Crippen molar-refractivity contribution in [2.45, 2.75) is 24.3 Å². The first-order chi connectivity index (χ1) is 8.96. The topological polar surface area (TPSA) is 84.2 Å². The molecule has 0 amide bonds. The molecule has 0 saturated heterocycles. The molecule has 1 atom stereocenters. The number of methoxy groups -OCH3 is 1. The summed E-state index contributed by atoms with van der Waals surface area (Å²) in [7, 11) is -2.54. The minimum Gasteiger partial charge on any atom is -0.468 e. The Bertz CT molecular complexity index is 601. The molecule has 0 spiro atoms. The minimum absolute atomic E-state index is 0.143. The second-order valence-electron chi connectivity index (χ2n) is 4.00. The monoisotopic (exact) mass is 281 g/mol. The van der Waals surface area contributed by atoms with E-state index in [-0.39, 0.29) is 12.2 Å². The van der Waals surface area contributed by atoms with Gasteiger partial charge in [-0.25, -0.2) is 8.42 Å². The Balaban J connectivity index is 3.09. The van der Waals surface area contributed by atoms with Crippen molar-refractivity contribution in [2.24, 2.45) is 0 Å². The van der Waals surface area contributed by atoms with Gasteiger partial charge in [0.1, 0.15) is 0 Å². The van der Waals surface area contributed by atoms with E-state index in [1.165, 1.54) is 0 Å². The van der Waals surface area contributed by atoms with Crippen molar-refractivity contribution in [3.63, 3.8) is 0 Å². The fourth-order valence-electron chi connectivity index (χ4n) is 1.77. The van der Waals surface area contributed by atoms with Gasteiger partial charge >= 0.3 is 5.97 Å². The molecule has 0 saturated carbocycles. The number of nitrogens with zero attached hydrogens (tertiary/aromatic N) is 1. The number of nitriles is 1. The van der Waals surface area contributed by atoms with Gasteiger partial charge in [0.25, 0.3) is 0 Å². The smallest absolute Gasteiger partial charge is 0.324 e. The number of benzene rings is 1. The molecule has 1 aromatic rings. The predicted octanol–water partition coefficient (Wildman–Crippen LogP) is 1.42. The highest BCUT2D eigenvalue weighted by Crippen LogP contribution is 2.17. The normalized spacial score (nSPS) is 12.5. The van der Waals surface area contributed by atoms with E-state index in [0.717, 1.165) is 7.11 Å². The molecular weight excluding hydrogens is 266 g/mol. The lowest BCUT2D eigenvalue weighted by Gasteiger charge is -2.14. The summed E-state index contributed by atoms with van der Waals surface area (Å²) in [6, 6.07) is 8.37. The Morgan fingerprint density at radius 2 is 2.05 bits per heavy atom. The highest BCUT2D eigenvalue weighted by atomic mass is 32.2. The number of hydrogen-bond acceptors (Lipinski definition) is 5. The quantitative estimate of drug-likeness (QED) is 0.762. The van der Waals surface area contributed by atoms with Crippen molar-refractivity contribution in [1.82, 2.24) is 0 Å². The molecule has 5 nitrogen and oxygen atoms in total. The summed E-state index contributed by atoms with van der Waals surface area (Å²) in [6.07, 6.45) is 0.143. The maximum atomic E-state index is 12.2. The van der Waals surface area contributed by atoms with Crippen molar-refractivity contribution in [3.8, 4) is 6.07 Å². The lowest BCUT2D eigenvalue weighted by molar-refractivity contribution is -0.140.